The number of fused-ring (bicyclic) bond motifs is 1. The summed E-state index contributed by atoms with van der Waals surface area (Å²) in [6.07, 6.45) is 1.17. The van der Waals surface area contributed by atoms with E-state index in [4.69, 9.17) is 22.6 Å². The zero-order valence-electron chi connectivity index (χ0n) is 14.6. The summed E-state index contributed by atoms with van der Waals surface area (Å²) in [6.45, 7) is 3.77. The van der Waals surface area contributed by atoms with E-state index < -0.39 is 10.3 Å². The Bertz CT molecular complexity index is 1030. The average Bonchev–Trinajstić information content (AvgIpc) is 2.63. The fraction of sp³-hybridized carbons (Fsp3) is 0.158. The molecule has 0 unspecified atom stereocenters. The predicted octanol–water partition coefficient (Wildman–Crippen LogP) is 5.63. The maximum absolute atomic E-state index is 10.6. The smallest absolute Gasteiger partial charge is 0.306 e. The van der Waals surface area contributed by atoms with Crippen molar-refractivity contribution in [1.82, 2.24) is 4.98 Å². The summed E-state index contributed by atoms with van der Waals surface area (Å²) in [5, 5.41) is 20.1. The summed E-state index contributed by atoms with van der Waals surface area (Å²) in [7, 11) is 0. The molecule has 8 heteroatoms. The Balaban J connectivity index is 0.000000199. The van der Waals surface area contributed by atoms with Gasteiger partial charge in [0.1, 0.15) is 11.2 Å². The minimum absolute atomic E-state index is 0.117. The van der Waals surface area contributed by atoms with Crippen LogP contribution < -0.4 is 5.73 Å². The van der Waals surface area contributed by atoms with Crippen LogP contribution >= 0.6 is 27.5 Å². The SMILES string of the molecule is CC(C)(C#N)c1ccc(N)cc1.O=[N+]([O-])c1cnc2ccc(Br)cc2c1Cl. The Morgan fingerprint density at radius 2 is 1.89 bits per heavy atom. The Morgan fingerprint density at radius 1 is 1.26 bits per heavy atom. The molecule has 0 radical (unpaired) electrons. The van der Waals surface area contributed by atoms with E-state index in [0.29, 0.717) is 10.9 Å². The van der Waals surface area contributed by atoms with Gasteiger partial charge in [-0.2, -0.15) is 5.26 Å². The third-order valence-corrected chi connectivity index (χ3v) is 4.74. The number of rotatable bonds is 2. The molecule has 2 aromatic carbocycles. The van der Waals surface area contributed by atoms with Gasteiger partial charge in [-0.3, -0.25) is 10.1 Å². The number of nitrogens with two attached hydrogens (primary N) is 1. The molecule has 1 heterocycles. The van der Waals surface area contributed by atoms with Crippen molar-refractivity contribution in [1.29, 1.82) is 5.26 Å². The van der Waals surface area contributed by atoms with Crippen LogP contribution in [-0.2, 0) is 5.41 Å². The summed E-state index contributed by atoms with van der Waals surface area (Å²) >= 11 is 9.18. The van der Waals surface area contributed by atoms with Crippen molar-refractivity contribution in [3.8, 4) is 6.07 Å². The number of hydrogen-bond acceptors (Lipinski definition) is 5. The number of halogens is 2. The first-order chi connectivity index (χ1) is 12.7. The number of nitriles is 1. The normalized spacial score (nSPS) is 10.6. The molecule has 0 spiro atoms. The molecule has 1 aromatic heterocycles. The molecule has 3 rings (SSSR count). The highest BCUT2D eigenvalue weighted by molar-refractivity contribution is 9.10. The van der Waals surface area contributed by atoms with E-state index in [9.17, 15) is 10.1 Å². The molecule has 6 nitrogen and oxygen atoms in total. The zero-order valence-corrected chi connectivity index (χ0v) is 17.0. The van der Waals surface area contributed by atoms with Crippen molar-refractivity contribution in [3.63, 3.8) is 0 Å². The summed E-state index contributed by atoms with van der Waals surface area (Å²) in [5.41, 5.74) is 7.29. The molecule has 27 heavy (non-hydrogen) atoms. The highest BCUT2D eigenvalue weighted by Crippen LogP contribution is 2.32. The van der Waals surface area contributed by atoms with Crippen molar-refractivity contribution >= 4 is 49.8 Å². The molecule has 0 amide bonds. The van der Waals surface area contributed by atoms with Crippen LogP contribution in [0.4, 0.5) is 11.4 Å². The Morgan fingerprint density at radius 3 is 2.44 bits per heavy atom. The predicted molar refractivity (Wildman–Crippen MR) is 111 cm³/mol. The molecular formula is C19H16BrClN4O2. The lowest BCUT2D eigenvalue weighted by atomic mass is 9.86. The lowest BCUT2D eigenvalue weighted by Gasteiger charge is -2.15. The molecule has 0 aliphatic heterocycles. The Kier molecular flexibility index (Phi) is 6.37. The minimum atomic E-state index is -0.546. The largest absolute Gasteiger partial charge is 0.399 e. The van der Waals surface area contributed by atoms with Gasteiger partial charge in [-0.25, -0.2) is 4.98 Å². The number of nitro groups is 1. The van der Waals surface area contributed by atoms with Crippen LogP contribution in [0, 0.1) is 21.4 Å². The van der Waals surface area contributed by atoms with E-state index >= 15 is 0 Å². The molecule has 0 aliphatic rings. The van der Waals surface area contributed by atoms with E-state index in [1.54, 1.807) is 18.2 Å². The van der Waals surface area contributed by atoms with Gasteiger partial charge >= 0.3 is 5.69 Å². The monoisotopic (exact) mass is 446 g/mol. The van der Waals surface area contributed by atoms with Crippen LogP contribution in [0.5, 0.6) is 0 Å². The highest BCUT2D eigenvalue weighted by atomic mass is 79.9. The van der Waals surface area contributed by atoms with Gasteiger partial charge in [0.15, 0.2) is 0 Å². The molecule has 3 aromatic rings. The molecule has 0 aliphatic carbocycles. The molecule has 0 saturated heterocycles. The van der Waals surface area contributed by atoms with Crippen molar-refractivity contribution in [2.75, 3.05) is 5.73 Å². The number of nitrogens with zero attached hydrogens (tertiary/aromatic N) is 3. The number of nitrogen functional groups attached to an aromatic ring is 1. The molecule has 138 valence electrons. The Labute approximate surface area is 169 Å². The number of aromatic nitrogens is 1. The maximum Gasteiger partial charge on any atom is 0.306 e. The second-order valence-corrected chi connectivity index (χ2v) is 7.53. The second-order valence-electron chi connectivity index (χ2n) is 6.23. The average molecular weight is 448 g/mol. The van der Waals surface area contributed by atoms with E-state index in [0.717, 1.165) is 15.7 Å². The third-order valence-electron chi connectivity index (χ3n) is 3.85. The first kappa shape index (κ1) is 20.6. The zero-order chi connectivity index (χ0) is 20.2. The van der Waals surface area contributed by atoms with Gasteiger partial charge < -0.3 is 5.73 Å². The molecule has 0 atom stereocenters. The summed E-state index contributed by atoms with van der Waals surface area (Å²) in [6, 6.07) is 14.9. The second kappa shape index (κ2) is 8.33. The first-order valence-corrected chi connectivity index (χ1v) is 8.98. The van der Waals surface area contributed by atoms with Gasteiger partial charge in [0, 0.05) is 15.5 Å². The third kappa shape index (κ3) is 4.94. The van der Waals surface area contributed by atoms with Gasteiger partial charge in [0.2, 0.25) is 0 Å². The number of benzene rings is 2. The van der Waals surface area contributed by atoms with Crippen LogP contribution in [0.15, 0.2) is 53.1 Å². The van der Waals surface area contributed by atoms with Crippen LogP contribution in [0.2, 0.25) is 5.02 Å². The summed E-state index contributed by atoms with van der Waals surface area (Å²) in [4.78, 5) is 14.0. The highest BCUT2D eigenvalue weighted by Gasteiger charge is 2.18. The van der Waals surface area contributed by atoms with Gasteiger partial charge in [-0.05, 0) is 49.7 Å². The molecule has 0 bridgehead atoms. The van der Waals surface area contributed by atoms with Crippen LogP contribution in [0.25, 0.3) is 10.9 Å². The number of hydrogen-bond donors (Lipinski definition) is 1. The summed E-state index contributed by atoms with van der Waals surface area (Å²) < 4.78 is 0.805. The van der Waals surface area contributed by atoms with Crippen molar-refractivity contribution in [3.05, 3.63) is 73.8 Å². The van der Waals surface area contributed by atoms with Crippen molar-refractivity contribution in [2.45, 2.75) is 19.3 Å². The van der Waals surface area contributed by atoms with Crippen molar-refractivity contribution < 1.29 is 4.92 Å². The number of anilines is 1. The van der Waals surface area contributed by atoms with E-state index in [1.807, 2.05) is 38.1 Å². The van der Waals surface area contributed by atoms with E-state index in [2.05, 4.69) is 27.0 Å². The lowest BCUT2D eigenvalue weighted by molar-refractivity contribution is -0.384. The van der Waals surface area contributed by atoms with Gasteiger partial charge in [-0.1, -0.05) is 39.7 Å². The maximum atomic E-state index is 10.6. The molecular weight excluding hydrogens is 432 g/mol. The molecule has 0 fully saturated rings. The Hall–Kier alpha value is -2.69. The van der Waals surface area contributed by atoms with Crippen molar-refractivity contribution in [2.24, 2.45) is 0 Å². The molecule has 2 N–H and O–H groups in total. The summed E-state index contributed by atoms with van der Waals surface area (Å²) in [5.74, 6) is 0. The van der Waals surface area contributed by atoms with Gasteiger partial charge in [0.25, 0.3) is 0 Å². The van der Waals surface area contributed by atoms with E-state index in [1.165, 1.54) is 6.20 Å². The van der Waals surface area contributed by atoms with Gasteiger partial charge in [0.05, 0.1) is 21.9 Å². The molecule has 0 saturated carbocycles. The van der Waals surface area contributed by atoms with E-state index in [-0.39, 0.29) is 10.7 Å². The quantitative estimate of drug-likeness (QED) is 0.311. The van der Waals surface area contributed by atoms with Crippen LogP contribution in [0.3, 0.4) is 0 Å². The number of pyridine rings is 1. The standard InChI is InChI=1S/C10H12N2.C9H4BrClN2O2/c1-10(2,7-11)8-3-5-9(12)6-4-8;10-5-1-2-7-6(3-5)9(11)8(4-12-7)13(14)15/h3-6H,12H2,1-2H3;1-4H. The topological polar surface area (TPSA) is 106 Å². The van der Waals surface area contributed by atoms with Crippen LogP contribution in [0.1, 0.15) is 19.4 Å². The first-order valence-electron chi connectivity index (χ1n) is 7.81. The fourth-order valence-corrected chi connectivity index (χ4v) is 2.84. The minimum Gasteiger partial charge on any atom is -0.399 e. The fourth-order valence-electron chi connectivity index (χ4n) is 2.21. The van der Waals surface area contributed by atoms with Crippen LogP contribution in [-0.4, -0.2) is 9.91 Å². The van der Waals surface area contributed by atoms with Gasteiger partial charge in [-0.15, -0.1) is 0 Å². The lowest BCUT2D eigenvalue weighted by Crippen LogP contribution is -2.13.